The summed E-state index contributed by atoms with van der Waals surface area (Å²) in [6.07, 6.45) is 5.83. The van der Waals surface area contributed by atoms with Gasteiger partial charge in [0.25, 0.3) is 0 Å². The number of halogens is 2. The molecule has 22 heavy (non-hydrogen) atoms. The van der Waals surface area contributed by atoms with Gasteiger partial charge in [-0.3, -0.25) is 0 Å². The molecule has 110 valence electrons. The molecule has 0 amide bonds. The summed E-state index contributed by atoms with van der Waals surface area (Å²) in [4.78, 5) is 15.8. The van der Waals surface area contributed by atoms with Crippen molar-refractivity contribution < 1.29 is 9.47 Å². The summed E-state index contributed by atoms with van der Waals surface area (Å²) in [5.74, 6) is 1.12. The van der Waals surface area contributed by atoms with Gasteiger partial charge in [0.05, 0.1) is 34.8 Å². The molecular weight excluding hydrogens is 327 g/mol. The van der Waals surface area contributed by atoms with Gasteiger partial charge in [-0.25, -0.2) is 19.9 Å². The van der Waals surface area contributed by atoms with Gasteiger partial charge in [0, 0.05) is 0 Å². The van der Waals surface area contributed by atoms with Crippen molar-refractivity contribution >= 4 is 23.2 Å². The fourth-order valence-corrected chi connectivity index (χ4v) is 1.69. The maximum atomic E-state index is 5.71. The third-order valence-electron chi connectivity index (χ3n) is 2.44. The topological polar surface area (TPSA) is 70.0 Å². The molecule has 3 rings (SSSR count). The molecular formula is C14H8Cl2N4O2. The van der Waals surface area contributed by atoms with Crippen LogP contribution in [0.2, 0.25) is 10.0 Å². The van der Waals surface area contributed by atoms with Crippen LogP contribution in [0.5, 0.6) is 23.5 Å². The monoisotopic (exact) mass is 334 g/mol. The van der Waals surface area contributed by atoms with Crippen molar-refractivity contribution in [2.75, 3.05) is 0 Å². The van der Waals surface area contributed by atoms with E-state index in [1.54, 1.807) is 24.3 Å². The minimum absolute atomic E-state index is 0.208. The highest BCUT2D eigenvalue weighted by Crippen LogP contribution is 2.24. The molecule has 6 nitrogen and oxygen atoms in total. The normalized spacial score (nSPS) is 10.3. The van der Waals surface area contributed by atoms with Crippen molar-refractivity contribution in [1.29, 1.82) is 0 Å². The van der Waals surface area contributed by atoms with E-state index < -0.39 is 0 Å². The quantitative estimate of drug-likeness (QED) is 0.713. The van der Waals surface area contributed by atoms with Crippen LogP contribution in [0.15, 0.2) is 49.1 Å². The van der Waals surface area contributed by atoms with Crippen molar-refractivity contribution in [3.05, 3.63) is 59.1 Å². The first-order chi connectivity index (χ1) is 10.7. The molecule has 2 aromatic heterocycles. The molecule has 0 atom stereocenters. The van der Waals surface area contributed by atoms with E-state index in [-0.39, 0.29) is 12.0 Å². The third kappa shape index (κ3) is 3.81. The zero-order chi connectivity index (χ0) is 15.4. The second kappa shape index (κ2) is 6.55. The van der Waals surface area contributed by atoms with Gasteiger partial charge in [-0.05, 0) is 24.3 Å². The molecule has 0 aliphatic rings. The number of nitrogens with zero attached hydrogens (tertiary/aromatic N) is 4. The van der Waals surface area contributed by atoms with Crippen LogP contribution in [0.1, 0.15) is 0 Å². The molecule has 0 aliphatic carbocycles. The summed E-state index contributed by atoms with van der Waals surface area (Å²) in [7, 11) is 0. The second-order valence-electron chi connectivity index (χ2n) is 4.04. The van der Waals surface area contributed by atoms with E-state index in [1.807, 2.05) is 0 Å². The van der Waals surface area contributed by atoms with Crippen molar-refractivity contribution in [3.8, 4) is 23.5 Å². The molecule has 0 N–H and O–H groups in total. The van der Waals surface area contributed by atoms with Gasteiger partial charge < -0.3 is 9.47 Å². The standard InChI is InChI=1S/C14H8Cl2N4O2/c15-9-5-17-13(18-6-9)21-11-1-2-12(4-3-11)22-14-19-7-10(16)8-20-14/h1-8H. The van der Waals surface area contributed by atoms with Crippen LogP contribution >= 0.6 is 23.2 Å². The van der Waals surface area contributed by atoms with Crippen molar-refractivity contribution in [1.82, 2.24) is 19.9 Å². The number of hydrogen-bond donors (Lipinski definition) is 0. The second-order valence-corrected chi connectivity index (χ2v) is 4.92. The van der Waals surface area contributed by atoms with Gasteiger partial charge >= 0.3 is 12.0 Å². The van der Waals surface area contributed by atoms with Gasteiger partial charge in [-0.2, -0.15) is 0 Å². The molecule has 0 saturated heterocycles. The smallest absolute Gasteiger partial charge is 0.321 e. The zero-order valence-corrected chi connectivity index (χ0v) is 12.5. The molecule has 3 aromatic rings. The average molecular weight is 335 g/mol. The minimum Gasteiger partial charge on any atom is -0.424 e. The van der Waals surface area contributed by atoms with E-state index in [1.165, 1.54) is 24.8 Å². The van der Waals surface area contributed by atoms with E-state index in [0.717, 1.165) is 0 Å². The lowest BCUT2D eigenvalue weighted by Gasteiger charge is -2.06. The summed E-state index contributed by atoms with van der Waals surface area (Å²) >= 11 is 11.4. The number of ether oxygens (including phenoxy) is 2. The number of benzene rings is 1. The lowest BCUT2D eigenvalue weighted by Crippen LogP contribution is -1.92. The minimum atomic E-state index is 0.208. The molecule has 1 aromatic carbocycles. The molecule has 0 radical (unpaired) electrons. The van der Waals surface area contributed by atoms with Crippen molar-refractivity contribution in [3.63, 3.8) is 0 Å². The highest BCUT2D eigenvalue weighted by Gasteiger charge is 2.03. The number of hydrogen-bond acceptors (Lipinski definition) is 6. The molecule has 0 fully saturated rings. The summed E-state index contributed by atoms with van der Waals surface area (Å²) in [6, 6.07) is 7.26. The van der Waals surface area contributed by atoms with E-state index in [0.29, 0.717) is 21.5 Å². The van der Waals surface area contributed by atoms with Crippen LogP contribution in [0.4, 0.5) is 0 Å². The van der Waals surface area contributed by atoms with E-state index >= 15 is 0 Å². The van der Waals surface area contributed by atoms with Crippen molar-refractivity contribution in [2.45, 2.75) is 0 Å². The summed E-state index contributed by atoms with van der Waals surface area (Å²) in [5.41, 5.74) is 0. The predicted molar refractivity (Wildman–Crippen MR) is 80.7 cm³/mol. The van der Waals surface area contributed by atoms with Gasteiger partial charge in [0.1, 0.15) is 11.5 Å². The molecule has 0 saturated carbocycles. The van der Waals surface area contributed by atoms with Crippen LogP contribution in [-0.2, 0) is 0 Å². The Bertz CT molecular complexity index is 683. The van der Waals surface area contributed by atoms with Crippen LogP contribution < -0.4 is 9.47 Å². The molecule has 0 aliphatic heterocycles. The molecule has 2 heterocycles. The average Bonchev–Trinajstić information content (AvgIpc) is 2.54. The fraction of sp³-hybridized carbons (Fsp3) is 0. The molecule has 0 spiro atoms. The van der Waals surface area contributed by atoms with Crippen LogP contribution in [0.25, 0.3) is 0 Å². The van der Waals surface area contributed by atoms with Crippen LogP contribution in [0, 0.1) is 0 Å². The highest BCUT2D eigenvalue weighted by atomic mass is 35.5. The number of aromatic nitrogens is 4. The Morgan fingerprint density at radius 2 is 0.909 bits per heavy atom. The predicted octanol–water partition coefficient (Wildman–Crippen LogP) is 4.16. The maximum absolute atomic E-state index is 5.71. The zero-order valence-electron chi connectivity index (χ0n) is 11.0. The van der Waals surface area contributed by atoms with E-state index in [9.17, 15) is 0 Å². The molecule has 0 bridgehead atoms. The van der Waals surface area contributed by atoms with Crippen LogP contribution in [-0.4, -0.2) is 19.9 Å². The summed E-state index contributed by atoms with van der Waals surface area (Å²) < 4.78 is 10.9. The van der Waals surface area contributed by atoms with Gasteiger partial charge in [0.15, 0.2) is 0 Å². The SMILES string of the molecule is Clc1cnc(Oc2ccc(Oc3ncc(Cl)cn3)cc2)nc1. The lowest BCUT2D eigenvalue weighted by molar-refractivity contribution is 0.430. The summed E-state index contributed by atoms with van der Waals surface area (Å²) in [5, 5.41) is 0.887. The van der Waals surface area contributed by atoms with E-state index in [4.69, 9.17) is 32.7 Å². The Morgan fingerprint density at radius 3 is 1.23 bits per heavy atom. The first kappa shape index (κ1) is 14.5. The Labute approximate surface area is 135 Å². The Kier molecular flexibility index (Phi) is 4.32. The summed E-state index contributed by atoms with van der Waals surface area (Å²) in [6.45, 7) is 0. The highest BCUT2D eigenvalue weighted by molar-refractivity contribution is 6.30. The number of rotatable bonds is 4. The fourth-order valence-electron chi connectivity index (χ4n) is 1.49. The first-order valence-electron chi connectivity index (χ1n) is 6.10. The molecule has 8 heteroatoms. The van der Waals surface area contributed by atoms with E-state index in [2.05, 4.69) is 19.9 Å². The Hall–Kier alpha value is -2.44. The van der Waals surface area contributed by atoms with Gasteiger partial charge in [-0.1, -0.05) is 23.2 Å². The van der Waals surface area contributed by atoms with Crippen molar-refractivity contribution in [2.24, 2.45) is 0 Å². The first-order valence-corrected chi connectivity index (χ1v) is 6.85. The molecule has 0 unspecified atom stereocenters. The third-order valence-corrected chi connectivity index (χ3v) is 2.83. The lowest BCUT2D eigenvalue weighted by atomic mass is 10.3. The van der Waals surface area contributed by atoms with Gasteiger partial charge in [0.2, 0.25) is 0 Å². The largest absolute Gasteiger partial charge is 0.424 e. The maximum Gasteiger partial charge on any atom is 0.321 e. The van der Waals surface area contributed by atoms with Crippen LogP contribution in [0.3, 0.4) is 0 Å². The Balaban J connectivity index is 1.67. The Morgan fingerprint density at radius 1 is 0.591 bits per heavy atom. The van der Waals surface area contributed by atoms with Gasteiger partial charge in [-0.15, -0.1) is 0 Å².